The number of hydrazine groups is 2. The van der Waals surface area contributed by atoms with Crippen molar-refractivity contribution in [3.8, 4) is 0 Å². The Kier molecular flexibility index (Phi) is 31.7. The Bertz CT molecular complexity index is 2670. The molecule has 40 nitrogen and oxygen atoms in total. The van der Waals surface area contributed by atoms with Crippen molar-refractivity contribution in [3.63, 3.8) is 0 Å². The lowest BCUT2D eigenvalue weighted by molar-refractivity contribution is -0.381. The van der Waals surface area contributed by atoms with E-state index in [1.807, 2.05) is 0 Å². The molecule has 0 radical (unpaired) electrons. The molecule has 0 aromatic carbocycles. The molecule has 40 heteroatoms. The fourth-order valence-electron chi connectivity index (χ4n) is 11.7. The lowest BCUT2D eigenvalue weighted by Crippen LogP contribution is -2.77. The molecule has 0 spiro atoms. The lowest BCUT2D eigenvalue weighted by Gasteiger charge is -2.55. The molecule has 9 aliphatic heterocycles. The fraction of sp³-hybridized carbons (Fsp3) is 0.845. The average molecular weight is 1410 g/mol. The number of carbonyl (C=O) groups excluding carboxylic acids is 3. The standard InChI is InChI=1S/C58H99N13O27/c59-55(4-1-42(75)61-7-10-84-13-16-87-19-22-90-30-37(65-60)25-64-45-49(79)57(82)35-94-52(45)96-40(57)28-72,5-2-43(76)62-8-11-85-14-17-88-20-23-91-31-38-26-70(68-66-38)46-48(78)51(81)56(33-74)34-93-54(46)98-56)6-3-44(77)63-9-12-86-15-18-89-21-24-92-32-39-27-71(69-67-39)47-50(80)58(83)36-95-53(47)97-41(58)29-73/h25-27,40-41,45-54,60,64,67,69,72-74,78-83H,1-24,28-36,59H2,(H,61,75)(H,62,76)(H,63,77)/b37-25-,65-60?/t40-,41-,45-,46-,47-,48-,49-,50-,51-,52-,53-,54-,55?,56+,57?,58?/m1/s1. The first-order chi connectivity index (χ1) is 47.4. The molecule has 3 unspecified atom stereocenters. The first kappa shape index (κ1) is 78.7. The van der Waals surface area contributed by atoms with Gasteiger partial charge in [-0.1, -0.05) is 5.21 Å². The number of aliphatic hydroxyl groups is 9. The first-order valence-corrected chi connectivity index (χ1v) is 32.8. The Morgan fingerprint density at radius 3 is 1.68 bits per heavy atom. The van der Waals surface area contributed by atoms with Gasteiger partial charge in [0, 0.05) is 56.8 Å². The molecular formula is C58H99N13O27. The van der Waals surface area contributed by atoms with Gasteiger partial charge in [0.15, 0.2) is 18.9 Å². The second-order valence-electron chi connectivity index (χ2n) is 24.5. The third-order valence-corrected chi connectivity index (χ3v) is 17.5. The van der Waals surface area contributed by atoms with E-state index in [0.29, 0.717) is 11.4 Å². The molecule has 8 fully saturated rings. The summed E-state index contributed by atoms with van der Waals surface area (Å²) in [5, 5.41) is 118. The number of aromatic nitrogens is 3. The Labute approximate surface area is 564 Å². The van der Waals surface area contributed by atoms with Gasteiger partial charge in [-0.25, -0.2) is 10.2 Å². The van der Waals surface area contributed by atoms with Crippen LogP contribution in [0.5, 0.6) is 0 Å². The zero-order valence-electron chi connectivity index (χ0n) is 54.7. The molecule has 558 valence electrons. The summed E-state index contributed by atoms with van der Waals surface area (Å²) in [6.07, 6.45) is -4.90. The highest BCUT2D eigenvalue weighted by atomic mass is 16.8. The predicted octanol–water partition coefficient (Wildman–Crippen LogP) is -8.26. The molecule has 0 aliphatic carbocycles. The predicted molar refractivity (Wildman–Crippen MR) is 327 cm³/mol. The van der Waals surface area contributed by atoms with E-state index in [1.54, 1.807) is 12.4 Å². The lowest BCUT2D eigenvalue weighted by atomic mass is 9.81. The zero-order valence-corrected chi connectivity index (χ0v) is 54.7. The van der Waals surface area contributed by atoms with E-state index in [1.165, 1.54) is 15.9 Å². The second-order valence-corrected chi connectivity index (χ2v) is 24.5. The van der Waals surface area contributed by atoms with Crippen LogP contribution in [0.2, 0.25) is 0 Å². The molecule has 9 aliphatic rings. The van der Waals surface area contributed by atoms with E-state index in [4.69, 9.17) is 82.3 Å². The van der Waals surface area contributed by atoms with Crippen LogP contribution >= 0.6 is 0 Å². The molecule has 1 aromatic heterocycles. The Morgan fingerprint density at radius 2 is 1.14 bits per heavy atom. The van der Waals surface area contributed by atoms with E-state index in [0.717, 1.165) is 0 Å². The van der Waals surface area contributed by atoms with E-state index in [2.05, 4.69) is 47.7 Å². The summed E-state index contributed by atoms with van der Waals surface area (Å²) in [5.74, 6) is -0.887. The van der Waals surface area contributed by atoms with Crippen LogP contribution in [0, 0.1) is 5.53 Å². The number of aliphatic hydroxyl groups excluding tert-OH is 7. The Hall–Kier alpha value is -5.01. The van der Waals surface area contributed by atoms with Crippen LogP contribution in [-0.2, 0) is 92.0 Å². The van der Waals surface area contributed by atoms with Crippen LogP contribution in [0.4, 0.5) is 0 Å². The van der Waals surface area contributed by atoms with Crippen molar-refractivity contribution >= 4 is 17.7 Å². The number of ether oxygens (including phenoxy) is 15. The van der Waals surface area contributed by atoms with Crippen molar-refractivity contribution in [1.29, 1.82) is 5.53 Å². The van der Waals surface area contributed by atoms with E-state index in [-0.39, 0.29) is 220 Å². The van der Waals surface area contributed by atoms with Gasteiger partial charge in [0.1, 0.15) is 82.9 Å². The van der Waals surface area contributed by atoms with Crippen molar-refractivity contribution in [3.05, 3.63) is 35.7 Å². The van der Waals surface area contributed by atoms with E-state index in [9.17, 15) is 60.3 Å². The molecule has 1 aromatic rings. The van der Waals surface area contributed by atoms with E-state index >= 15 is 0 Å². The van der Waals surface area contributed by atoms with Gasteiger partial charge in [0.05, 0.1) is 170 Å². The van der Waals surface area contributed by atoms with Crippen molar-refractivity contribution < 1.29 is 131 Å². The van der Waals surface area contributed by atoms with Crippen molar-refractivity contribution in [2.24, 2.45) is 10.8 Å². The zero-order chi connectivity index (χ0) is 70.0. The summed E-state index contributed by atoms with van der Waals surface area (Å²) >= 11 is 0. The maximum absolute atomic E-state index is 13.0. The summed E-state index contributed by atoms with van der Waals surface area (Å²) in [7, 11) is 0. The SMILES string of the molecule is N=N/C(=C\N[C@H]1[C@@H]2OCC(O)([C@@H]1O)[C@@H](CO)O2)COCCOCCOCCNC(=O)CCC(N)(CCC(=O)NCCOCCOCCOCC1=CN([C@H]2[C@@H]3OCC(O)([C@@H]2O)[C@@H](CO)O3)NN1)CCC(=O)NCCOCCOCCOCc1cn([C@H]2[C@@H]3OC[C@](CO)(O3)[C@H](O)[C@@H]2O)nn1. The smallest absolute Gasteiger partial charge is 0.220 e. The Balaban J connectivity index is 0.652. The van der Waals surface area contributed by atoms with Gasteiger partial charge < -0.3 is 149 Å². The number of amides is 3. The highest BCUT2D eigenvalue weighted by Crippen LogP contribution is 2.42. The number of hydrogen-bond acceptors (Lipinski definition) is 36. The molecule has 10 heterocycles. The minimum Gasteiger partial charge on any atom is -0.394 e. The number of nitrogens with zero attached hydrogens (tertiary/aromatic N) is 5. The van der Waals surface area contributed by atoms with Gasteiger partial charge in [0.2, 0.25) is 17.7 Å². The highest BCUT2D eigenvalue weighted by molar-refractivity contribution is 5.77. The summed E-state index contributed by atoms with van der Waals surface area (Å²) in [6.45, 7) is 2.34. The van der Waals surface area contributed by atoms with Crippen LogP contribution in [0.1, 0.15) is 50.3 Å². The molecule has 98 heavy (non-hydrogen) atoms. The molecule has 0 saturated carbocycles. The number of nitrogens with two attached hydrogens (primary N) is 1. The Morgan fingerprint density at radius 1 is 0.653 bits per heavy atom. The second kappa shape index (κ2) is 39.4. The van der Waals surface area contributed by atoms with Gasteiger partial charge in [-0.2, -0.15) is 5.11 Å². The number of carbonyl (C=O) groups is 3. The monoisotopic (exact) mass is 1410 g/mol. The minimum absolute atomic E-state index is 0.0140. The molecule has 10 rings (SSSR count). The van der Waals surface area contributed by atoms with Gasteiger partial charge in [-0.3, -0.25) is 19.4 Å². The van der Waals surface area contributed by atoms with Crippen LogP contribution in [0.3, 0.4) is 0 Å². The molecule has 16 atom stereocenters. The number of fused-ring (bicyclic) bond motifs is 8. The largest absolute Gasteiger partial charge is 0.394 e. The molecule has 18 N–H and O–H groups in total. The molecular weight excluding hydrogens is 1310 g/mol. The van der Waals surface area contributed by atoms with Crippen molar-refractivity contribution in [2.75, 3.05) is 172 Å². The minimum atomic E-state index is -1.81. The van der Waals surface area contributed by atoms with Gasteiger partial charge in [-0.15, -0.1) is 10.6 Å². The topological polar surface area (TPSA) is 540 Å². The van der Waals surface area contributed by atoms with Crippen LogP contribution in [0.25, 0.3) is 0 Å². The van der Waals surface area contributed by atoms with Gasteiger partial charge >= 0.3 is 0 Å². The third kappa shape index (κ3) is 21.8. The van der Waals surface area contributed by atoms with Crippen LogP contribution in [-0.4, -0.2) is 345 Å². The third-order valence-electron chi connectivity index (χ3n) is 17.5. The summed E-state index contributed by atoms with van der Waals surface area (Å²) in [5.41, 5.74) is 15.4. The molecule has 6 bridgehead atoms. The van der Waals surface area contributed by atoms with Gasteiger partial charge in [-0.05, 0) is 19.3 Å². The normalized spacial score (nSPS) is 30.9. The summed E-state index contributed by atoms with van der Waals surface area (Å²) < 4.78 is 85.1. The van der Waals surface area contributed by atoms with E-state index < -0.39 is 116 Å². The first-order valence-electron chi connectivity index (χ1n) is 32.8. The van der Waals surface area contributed by atoms with Crippen LogP contribution in [0.15, 0.2) is 35.1 Å². The number of rotatable bonds is 50. The maximum Gasteiger partial charge on any atom is 0.220 e. The van der Waals surface area contributed by atoms with Crippen molar-refractivity contribution in [1.82, 2.24) is 52.2 Å². The van der Waals surface area contributed by atoms with Gasteiger partial charge in [0.25, 0.3) is 0 Å². The maximum atomic E-state index is 13.0. The molecule has 3 amide bonds. The number of hydrogen-bond donors (Lipinski definition) is 17. The fourth-order valence-corrected chi connectivity index (χ4v) is 11.7. The molecule has 8 saturated heterocycles. The highest BCUT2D eigenvalue weighted by Gasteiger charge is 2.63. The van der Waals surface area contributed by atoms with Crippen molar-refractivity contribution in [2.45, 2.75) is 141 Å². The average Bonchev–Trinajstić information content (AvgIpc) is 1.01. The van der Waals surface area contributed by atoms with Crippen LogP contribution < -0.4 is 38.0 Å². The summed E-state index contributed by atoms with van der Waals surface area (Å²) in [6, 6.07) is -2.56. The number of nitrogens with one attached hydrogen (secondary N) is 7. The summed E-state index contributed by atoms with van der Waals surface area (Å²) in [4.78, 5) is 39.0. The quantitative estimate of drug-likeness (QED) is 0.0213.